The Morgan fingerprint density at radius 1 is 1.08 bits per heavy atom. The van der Waals surface area contributed by atoms with Gasteiger partial charge in [-0.3, -0.25) is 0 Å². The molecule has 37 heavy (non-hydrogen) atoms. The molecule has 2 aromatic rings. The third-order valence-electron chi connectivity index (χ3n) is 9.67. The van der Waals surface area contributed by atoms with Gasteiger partial charge in [0.15, 0.2) is 0 Å². The maximum atomic E-state index is 11.8. The average Bonchev–Trinajstić information content (AvgIpc) is 3.10. The number of likely N-dealkylation sites (N-methyl/N-ethyl adjacent to an activating group) is 1. The highest BCUT2D eigenvalue weighted by atomic mass is 16.3. The summed E-state index contributed by atoms with van der Waals surface area (Å²) in [5, 5.41) is 47.2. The third-order valence-corrected chi connectivity index (χ3v) is 9.67. The van der Waals surface area contributed by atoms with Crippen molar-refractivity contribution in [2.24, 2.45) is 11.3 Å². The van der Waals surface area contributed by atoms with Gasteiger partial charge in [-0.1, -0.05) is 36.8 Å². The first-order valence-electron chi connectivity index (χ1n) is 13.3. The number of nitrogens with two attached hydrogens (primary N) is 1. The Bertz CT molecular complexity index is 1360. The zero-order chi connectivity index (χ0) is 26.3. The number of aliphatic hydroxyl groups is 4. The highest BCUT2D eigenvalue weighted by Crippen LogP contribution is 2.60. The van der Waals surface area contributed by atoms with Crippen molar-refractivity contribution in [1.82, 2.24) is 9.88 Å². The molecule has 1 aromatic carbocycles. The van der Waals surface area contributed by atoms with Crippen LogP contribution in [0, 0.1) is 11.3 Å². The van der Waals surface area contributed by atoms with Crippen LogP contribution in [0.5, 0.6) is 0 Å². The van der Waals surface area contributed by atoms with E-state index >= 15 is 0 Å². The number of anilines is 1. The molecule has 1 fully saturated rings. The molecule has 0 amide bonds. The first-order valence-corrected chi connectivity index (χ1v) is 13.3. The molecule has 7 atom stereocenters. The second kappa shape index (κ2) is 8.48. The highest BCUT2D eigenvalue weighted by Gasteiger charge is 2.53. The minimum absolute atomic E-state index is 0.202. The standard InChI is InChI=1S/C30H37N3O4/c1-29-14-25(34)20-12-23-27(35)28(36)24(33(2)3)13-30(23,37)9-8-19(20)22(29)7-6-21(29)17-5-4-16-11-26(31)32-15-18(16)10-17/h4-6,10-12,15,22,24-25,27-28,34-37H,7-9,13-14H2,1-3H3,(H2,31,32)/t22?,24-,25?,27+,28+,29+,30+/m0/s1. The molecule has 0 radical (unpaired) electrons. The molecule has 196 valence electrons. The largest absolute Gasteiger partial charge is 0.388 e. The van der Waals surface area contributed by atoms with Crippen molar-refractivity contribution in [3.8, 4) is 0 Å². The van der Waals surface area contributed by atoms with Crippen molar-refractivity contribution in [2.45, 2.75) is 69.0 Å². The molecule has 7 heteroatoms. The fraction of sp³-hybridized carbons (Fsp3) is 0.500. The molecule has 7 nitrogen and oxygen atoms in total. The number of hydrogen-bond donors (Lipinski definition) is 5. The molecule has 0 saturated heterocycles. The molecule has 6 N–H and O–H groups in total. The molecule has 0 aliphatic heterocycles. The van der Waals surface area contributed by atoms with Crippen LogP contribution in [0.2, 0.25) is 0 Å². The van der Waals surface area contributed by atoms with Crippen LogP contribution in [0.1, 0.15) is 44.6 Å². The molecule has 4 aliphatic carbocycles. The molecule has 0 bridgehead atoms. The molecular weight excluding hydrogens is 466 g/mol. The highest BCUT2D eigenvalue weighted by molar-refractivity contribution is 5.88. The Balaban J connectivity index is 1.37. The monoisotopic (exact) mass is 503 g/mol. The van der Waals surface area contributed by atoms with Gasteiger partial charge in [-0.05, 0) is 91.9 Å². The van der Waals surface area contributed by atoms with Gasteiger partial charge >= 0.3 is 0 Å². The van der Waals surface area contributed by atoms with Crippen LogP contribution >= 0.6 is 0 Å². The quantitative estimate of drug-likeness (QED) is 0.427. The number of aromatic nitrogens is 1. The number of aliphatic hydroxyl groups excluding tert-OH is 3. The van der Waals surface area contributed by atoms with E-state index in [2.05, 4.69) is 36.2 Å². The van der Waals surface area contributed by atoms with E-state index in [0.717, 1.165) is 28.3 Å². The van der Waals surface area contributed by atoms with Gasteiger partial charge in [0.05, 0.1) is 17.8 Å². The Morgan fingerprint density at radius 3 is 2.62 bits per heavy atom. The second-order valence-electron chi connectivity index (χ2n) is 12.0. The lowest BCUT2D eigenvalue weighted by molar-refractivity contribution is -0.0922. The van der Waals surface area contributed by atoms with Gasteiger partial charge in [0.25, 0.3) is 0 Å². The maximum absolute atomic E-state index is 11.8. The Hall–Kier alpha value is -2.55. The Morgan fingerprint density at radius 2 is 1.86 bits per heavy atom. The van der Waals surface area contributed by atoms with Crippen LogP contribution < -0.4 is 5.73 Å². The number of hydrogen-bond acceptors (Lipinski definition) is 7. The van der Waals surface area contributed by atoms with Crippen LogP contribution in [0.4, 0.5) is 5.82 Å². The average molecular weight is 504 g/mol. The molecule has 2 unspecified atom stereocenters. The number of allylic oxidation sites excluding steroid dienone is 3. The zero-order valence-electron chi connectivity index (χ0n) is 21.7. The molecule has 1 aromatic heterocycles. The lowest BCUT2D eigenvalue weighted by Crippen LogP contribution is -2.58. The molecule has 0 spiro atoms. The minimum Gasteiger partial charge on any atom is -0.388 e. The van der Waals surface area contributed by atoms with Gasteiger partial charge < -0.3 is 31.1 Å². The van der Waals surface area contributed by atoms with Crippen molar-refractivity contribution >= 4 is 22.2 Å². The fourth-order valence-electron chi connectivity index (χ4n) is 7.62. The van der Waals surface area contributed by atoms with Gasteiger partial charge in [-0.2, -0.15) is 0 Å². The molecule has 1 saturated carbocycles. The Labute approximate surface area is 217 Å². The van der Waals surface area contributed by atoms with E-state index in [4.69, 9.17) is 5.73 Å². The summed E-state index contributed by atoms with van der Waals surface area (Å²) in [4.78, 5) is 6.13. The first-order chi connectivity index (χ1) is 17.5. The summed E-state index contributed by atoms with van der Waals surface area (Å²) in [6, 6.07) is 7.89. The number of nitrogen functional groups attached to an aromatic ring is 1. The first kappa shape index (κ1) is 24.8. The van der Waals surface area contributed by atoms with E-state index in [1.807, 2.05) is 31.1 Å². The summed E-state index contributed by atoms with van der Waals surface area (Å²) >= 11 is 0. The van der Waals surface area contributed by atoms with Crippen molar-refractivity contribution in [2.75, 3.05) is 19.8 Å². The van der Waals surface area contributed by atoms with Crippen LogP contribution in [0.3, 0.4) is 0 Å². The predicted molar refractivity (Wildman–Crippen MR) is 144 cm³/mol. The number of rotatable bonds is 2. The SMILES string of the molecule is CN(C)[C@H]1C[C@]2(O)CCC3=C(C=C2[C@@H](O)[C@@H]1O)C(O)C[C@]1(C)C(c2ccc4cc(N)ncc4c2)=CCC31. The van der Waals surface area contributed by atoms with E-state index in [1.165, 1.54) is 11.1 Å². The van der Waals surface area contributed by atoms with E-state index in [0.29, 0.717) is 37.1 Å². The van der Waals surface area contributed by atoms with Gasteiger partial charge in [0, 0.05) is 23.0 Å². The topological polar surface area (TPSA) is 123 Å². The predicted octanol–water partition coefficient (Wildman–Crippen LogP) is 2.79. The lowest BCUT2D eigenvalue weighted by atomic mass is 9.61. The third kappa shape index (κ3) is 3.71. The number of benzene rings is 1. The van der Waals surface area contributed by atoms with Gasteiger partial charge in [-0.25, -0.2) is 4.98 Å². The molecule has 6 rings (SSSR count). The normalized spacial score (nSPS) is 37.6. The number of fused-ring (bicyclic) bond motifs is 4. The smallest absolute Gasteiger partial charge is 0.123 e. The lowest BCUT2D eigenvalue weighted by Gasteiger charge is -2.46. The molecular formula is C30H37N3O4. The minimum atomic E-state index is -1.22. The van der Waals surface area contributed by atoms with Crippen LogP contribution in [0.25, 0.3) is 16.3 Å². The summed E-state index contributed by atoms with van der Waals surface area (Å²) in [5.41, 5.74) is 9.18. The van der Waals surface area contributed by atoms with Crippen molar-refractivity contribution in [1.29, 1.82) is 0 Å². The van der Waals surface area contributed by atoms with Crippen molar-refractivity contribution in [3.63, 3.8) is 0 Å². The van der Waals surface area contributed by atoms with Gasteiger partial charge in [-0.15, -0.1) is 0 Å². The van der Waals surface area contributed by atoms with Crippen LogP contribution in [-0.2, 0) is 0 Å². The number of pyridine rings is 1. The summed E-state index contributed by atoms with van der Waals surface area (Å²) in [5.74, 6) is 0.704. The van der Waals surface area contributed by atoms with Crippen molar-refractivity contribution < 1.29 is 20.4 Å². The summed E-state index contributed by atoms with van der Waals surface area (Å²) in [6.07, 6.45) is 5.92. The van der Waals surface area contributed by atoms with Crippen LogP contribution in [-0.4, -0.2) is 74.4 Å². The van der Waals surface area contributed by atoms with E-state index in [1.54, 1.807) is 6.20 Å². The van der Waals surface area contributed by atoms with E-state index in [9.17, 15) is 20.4 Å². The number of nitrogens with zero attached hydrogens (tertiary/aromatic N) is 2. The van der Waals surface area contributed by atoms with Gasteiger partial charge in [0.1, 0.15) is 11.9 Å². The zero-order valence-corrected chi connectivity index (χ0v) is 21.7. The fourth-order valence-corrected chi connectivity index (χ4v) is 7.62. The second-order valence-corrected chi connectivity index (χ2v) is 12.0. The van der Waals surface area contributed by atoms with Crippen LogP contribution in [0.15, 0.2) is 59.3 Å². The van der Waals surface area contributed by atoms with E-state index < -0.39 is 23.9 Å². The molecule has 1 heterocycles. The van der Waals surface area contributed by atoms with Crippen molar-refractivity contribution in [3.05, 3.63) is 64.9 Å². The summed E-state index contributed by atoms with van der Waals surface area (Å²) in [6.45, 7) is 2.25. The summed E-state index contributed by atoms with van der Waals surface area (Å²) < 4.78 is 0. The van der Waals surface area contributed by atoms with E-state index in [-0.39, 0.29) is 17.4 Å². The van der Waals surface area contributed by atoms with Gasteiger partial charge in [0.2, 0.25) is 0 Å². The summed E-state index contributed by atoms with van der Waals surface area (Å²) in [7, 11) is 3.72. The Kier molecular flexibility index (Phi) is 5.68. The molecule has 4 aliphatic rings. The maximum Gasteiger partial charge on any atom is 0.123 e.